The Labute approximate surface area is 112 Å². The molecule has 2 aromatic rings. The van der Waals surface area contributed by atoms with Crippen molar-refractivity contribution in [2.24, 2.45) is 0 Å². The second-order valence-corrected chi connectivity index (χ2v) is 4.47. The highest BCUT2D eigenvalue weighted by Crippen LogP contribution is 2.18. The molecule has 0 N–H and O–H groups in total. The summed E-state index contributed by atoms with van der Waals surface area (Å²) >= 11 is 3.29. The molecule has 1 heterocycles. The quantitative estimate of drug-likeness (QED) is 0.642. The van der Waals surface area contributed by atoms with Crippen molar-refractivity contribution in [1.29, 1.82) is 0 Å². The van der Waals surface area contributed by atoms with Crippen LogP contribution in [0.1, 0.15) is 5.56 Å². The zero-order valence-corrected chi connectivity index (χ0v) is 10.8. The van der Waals surface area contributed by atoms with E-state index < -0.39 is 4.92 Å². The van der Waals surface area contributed by atoms with Gasteiger partial charge >= 0.3 is 0 Å². The average molecular weight is 309 g/mol. The molecule has 0 aliphatic rings. The Morgan fingerprint density at radius 1 is 1.33 bits per heavy atom. The van der Waals surface area contributed by atoms with Crippen LogP contribution >= 0.6 is 15.9 Å². The zero-order chi connectivity index (χ0) is 13.0. The van der Waals surface area contributed by atoms with Crippen molar-refractivity contribution in [2.75, 3.05) is 0 Å². The first-order valence-electron chi connectivity index (χ1n) is 5.12. The van der Waals surface area contributed by atoms with Crippen LogP contribution in [0.15, 0.2) is 47.2 Å². The lowest BCUT2D eigenvalue weighted by Crippen LogP contribution is -1.97. The third kappa shape index (κ3) is 3.27. The minimum atomic E-state index is -0.426. The third-order valence-electron chi connectivity index (χ3n) is 2.21. The first-order valence-corrected chi connectivity index (χ1v) is 5.91. The Bertz CT molecular complexity index is 575. The third-order valence-corrected chi connectivity index (χ3v) is 2.64. The molecule has 5 nitrogen and oxygen atoms in total. The number of pyridine rings is 1. The van der Waals surface area contributed by atoms with Crippen molar-refractivity contribution in [1.82, 2.24) is 4.98 Å². The maximum Gasteiger partial charge on any atom is 0.269 e. The highest BCUT2D eigenvalue weighted by molar-refractivity contribution is 9.10. The number of rotatable bonds is 4. The van der Waals surface area contributed by atoms with Crippen molar-refractivity contribution < 1.29 is 9.66 Å². The number of benzene rings is 1. The lowest BCUT2D eigenvalue weighted by Gasteiger charge is -2.05. The number of nitro groups is 1. The number of hydrogen-bond acceptors (Lipinski definition) is 4. The molecule has 0 unspecified atom stereocenters. The fourth-order valence-corrected chi connectivity index (χ4v) is 1.74. The molecule has 0 amide bonds. The Morgan fingerprint density at radius 2 is 2.17 bits per heavy atom. The summed E-state index contributed by atoms with van der Waals surface area (Å²) in [6.45, 7) is 0.264. The molecule has 0 fully saturated rings. The molecule has 0 bridgehead atoms. The fourth-order valence-electron chi connectivity index (χ4n) is 1.40. The maximum atomic E-state index is 10.6. The van der Waals surface area contributed by atoms with E-state index in [9.17, 15) is 10.1 Å². The molecule has 2 rings (SSSR count). The van der Waals surface area contributed by atoms with Gasteiger partial charge in [0.15, 0.2) is 0 Å². The summed E-state index contributed by atoms with van der Waals surface area (Å²) in [5, 5.41) is 10.6. The highest BCUT2D eigenvalue weighted by Gasteiger charge is 2.06. The molecular formula is C12H9BrN2O3. The van der Waals surface area contributed by atoms with Gasteiger partial charge in [0.05, 0.1) is 11.1 Å². The van der Waals surface area contributed by atoms with Crippen LogP contribution in [0.5, 0.6) is 5.75 Å². The van der Waals surface area contributed by atoms with Crippen LogP contribution in [-0.2, 0) is 6.61 Å². The molecule has 0 aliphatic carbocycles. The van der Waals surface area contributed by atoms with E-state index in [2.05, 4.69) is 20.9 Å². The normalized spacial score (nSPS) is 10.1. The van der Waals surface area contributed by atoms with Gasteiger partial charge in [-0.2, -0.15) is 0 Å². The van der Waals surface area contributed by atoms with Crippen LogP contribution in [-0.4, -0.2) is 9.91 Å². The van der Waals surface area contributed by atoms with E-state index >= 15 is 0 Å². The van der Waals surface area contributed by atoms with Gasteiger partial charge < -0.3 is 4.74 Å². The molecule has 18 heavy (non-hydrogen) atoms. The summed E-state index contributed by atoms with van der Waals surface area (Å²) in [4.78, 5) is 14.2. The number of aromatic nitrogens is 1. The van der Waals surface area contributed by atoms with Gasteiger partial charge in [0.2, 0.25) is 0 Å². The summed E-state index contributed by atoms with van der Waals surface area (Å²) in [7, 11) is 0. The van der Waals surface area contributed by atoms with Crippen molar-refractivity contribution in [3.63, 3.8) is 0 Å². The number of ether oxygens (including phenoxy) is 1. The maximum absolute atomic E-state index is 10.6. The second-order valence-electron chi connectivity index (χ2n) is 3.55. The minimum absolute atomic E-state index is 0.0588. The molecule has 0 spiro atoms. The summed E-state index contributed by atoms with van der Waals surface area (Å²) in [6.07, 6.45) is 3.24. The molecule has 92 valence electrons. The van der Waals surface area contributed by atoms with Crippen molar-refractivity contribution >= 4 is 21.6 Å². The smallest absolute Gasteiger partial charge is 0.269 e. The van der Waals surface area contributed by atoms with E-state index in [1.54, 1.807) is 30.6 Å². The van der Waals surface area contributed by atoms with Crippen LogP contribution in [0.4, 0.5) is 5.69 Å². The lowest BCUT2D eigenvalue weighted by molar-refractivity contribution is -0.384. The number of nitro benzene ring substituents is 1. The van der Waals surface area contributed by atoms with Crippen molar-refractivity contribution in [3.8, 4) is 5.75 Å². The lowest BCUT2D eigenvalue weighted by atomic mass is 10.2. The highest BCUT2D eigenvalue weighted by atomic mass is 79.9. The first kappa shape index (κ1) is 12.5. The Balaban J connectivity index is 2.06. The fraction of sp³-hybridized carbons (Fsp3) is 0.0833. The minimum Gasteiger partial charge on any atom is -0.487 e. The molecule has 1 aromatic heterocycles. The monoisotopic (exact) mass is 308 g/mol. The molecular weight excluding hydrogens is 300 g/mol. The van der Waals surface area contributed by atoms with Crippen molar-refractivity contribution in [2.45, 2.75) is 6.61 Å². The SMILES string of the molecule is O=[N+]([O-])c1cccc(COc2cncc(Br)c2)c1. The first-order chi connectivity index (χ1) is 8.65. The number of nitrogens with zero attached hydrogens (tertiary/aromatic N) is 2. The zero-order valence-electron chi connectivity index (χ0n) is 9.25. The van der Waals surface area contributed by atoms with Gasteiger partial charge in [-0.1, -0.05) is 12.1 Å². The summed E-state index contributed by atoms with van der Waals surface area (Å²) in [6, 6.07) is 8.13. The van der Waals surface area contributed by atoms with Gasteiger partial charge in [0, 0.05) is 22.8 Å². The molecule has 0 aliphatic heterocycles. The van der Waals surface area contributed by atoms with E-state index in [4.69, 9.17) is 4.74 Å². The number of hydrogen-bond donors (Lipinski definition) is 0. The van der Waals surface area contributed by atoms with Crippen LogP contribution < -0.4 is 4.74 Å². The van der Waals surface area contributed by atoms with Gasteiger partial charge in [-0.3, -0.25) is 15.1 Å². The molecule has 1 aromatic carbocycles. The van der Waals surface area contributed by atoms with Gasteiger partial charge in [0.25, 0.3) is 5.69 Å². The van der Waals surface area contributed by atoms with Gasteiger partial charge in [-0.15, -0.1) is 0 Å². The van der Waals surface area contributed by atoms with Crippen LogP contribution in [0.25, 0.3) is 0 Å². The van der Waals surface area contributed by atoms with Gasteiger partial charge in [-0.25, -0.2) is 0 Å². The molecule has 0 atom stereocenters. The Morgan fingerprint density at radius 3 is 2.89 bits per heavy atom. The van der Waals surface area contributed by atoms with E-state index in [1.165, 1.54) is 12.1 Å². The molecule has 6 heteroatoms. The Hall–Kier alpha value is -1.95. The standard InChI is InChI=1S/C12H9BrN2O3/c13-10-5-12(7-14-6-10)18-8-9-2-1-3-11(4-9)15(16)17/h1-7H,8H2. The second kappa shape index (κ2) is 5.59. The van der Waals surface area contributed by atoms with Crippen LogP contribution in [0.3, 0.4) is 0 Å². The predicted octanol–water partition coefficient (Wildman–Crippen LogP) is 3.33. The average Bonchev–Trinajstić information content (AvgIpc) is 2.37. The van der Waals surface area contributed by atoms with Crippen molar-refractivity contribution in [3.05, 3.63) is 62.9 Å². The van der Waals surface area contributed by atoms with E-state index in [-0.39, 0.29) is 12.3 Å². The van der Waals surface area contributed by atoms with E-state index in [0.29, 0.717) is 5.75 Å². The number of non-ortho nitro benzene ring substituents is 1. The Kier molecular flexibility index (Phi) is 3.88. The predicted molar refractivity (Wildman–Crippen MR) is 69.4 cm³/mol. The molecule has 0 radical (unpaired) electrons. The van der Waals surface area contributed by atoms with Gasteiger partial charge in [-0.05, 0) is 27.6 Å². The molecule has 0 saturated carbocycles. The summed E-state index contributed by atoms with van der Waals surface area (Å²) < 4.78 is 6.31. The van der Waals surface area contributed by atoms with E-state index in [1.807, 2.05) is 0 Å². The van der Waals surface area contributed by atoms with Gasteiger partial charge in [0.1, 0.15) is 12.4 Å². The summed E-state index contributed by atoms with van der Waals surface area (Å²) in [5.74, 6) is 0.607. The van der Waals surface area contributed by atoms with E-state index in [0.717, 1.165) is 10.0 Å². The van der Waals surface area contributed by atoms with Crippen LogP contribution in [0, 0.1) is 10.1 Å². The largest absolute Gasteiger partial charge is 0.487 e. The number of halogens is 1. The topological polar surface area (TPSA) is 65.3 Å². The van der Waals surface area contributed by atoms with Crippen LogP contribution in [0.2, 0.25) is 0 Å². The molecule has 0 saturated heterocycles. The summed E-state index contributed by atoms with van der Waals surface area (Å²) in [5.41, 5.74) is 0.799.